The third-order valence-electron chi connectivity index (χ3n) is 3.45. The van der Waals surface area contributed by atoms with Gasteiger partial charge >= 0.3 is 0 Å². The fourth-order valence-corrected chi connectivity index (χ4v) is 3.10. The molecule has 0 unspecified atom stereocenters. The van der Waals surface area contributed by atoms with Crippen LogP contribution in [0.5, 0.6) is 0 Å². The summed E-state index contributed by atoms with van der Waals surface area (Å²) < 4.78 is 0. The van der Waals surface area contributed by atoms with Gasteiger partial charge in [0.2, 0.25) is 0 Å². The molecule has 2 aromatic heterocycles. The number of hydrogen-bond acceptors (Lipinski definition) is 7. The number of rotatable bonds is 3. The topological polar surface area (TPSA) is 90.9 Å². The molecule has 0 spiro atoms. The lowest BCUT2D eigenvalue weighted by Gasteiger charge is -2.36. The zero-order chi connectivity index (χ0) is 14.7. The van der Waals surface area contributed by atoms with Crippen molar-refractivity contribution in [2.24, 2.45) is 10.9 Å². The second-order valence-corrected chi connectivity index (χ2v) is 5.52. The van der Waals surface area contributed by atoms with Crippen LogP contribution in [-0.2, 0) is 0 Å². The van der Waals surface area contributed by atoms with Gasteiger partial charge in [-0.15, -0.1) is 11.3 Å². The molecule has 1 aliphatic heterocycles. The first kappa shape index (κ1) is 13.6. The van der Waals surface area contributed by atoms with E-state index in [0.29, 0.717) is 5.69 Å². The van der Waals surface area contributed by atoms with Crippen LogP contribution in [0.25, 0.3) is 0 Å². The Kier molecular flexibility index (Phi) is 3.87. The summed E-state index contributed by atoms with van der Waals surface area (Å²) in [5.74, 6) is 0.0351. The van der Waals surface area contributed by atoms with Crippen molar-refractivity contribution in [1.82, 2.24) is 9.97 Å². The van der Waals surface area contributed by atoms with E-state index < -0.39 is 0 Å². The number of amidine groups is 1. The summed E-state index contributed by atoms with van der Waals surface area (Å²) in [7, 11) is 0. The van der Waals surface area contributed by atoms with E-state index in [1.54, 1.807) is 17.5 Å². The number of thiazole rings is 1. The number of pyridine rings is 1. The second kappa shape index (κ2) is 5.96. The molecule has 0 aromatic carbocycles. The Balaban J connectivity index is 1.75. The van der Waals surface area contributed by atoms with Gasteiger partial charge in [0, 0.05) is 44.0 Å². The van der Waals surface area contributed by atoms with E-state index in [1.807, 2.05) is 23.7 Å². The van der Waals surface area contributed by atoms with Crippen molar-refractivity contribution in [3.8, 4) is 0 Å². The summed E-state index contributed by atoms with van der Waals surface area (Å²) in [4.78, 5) is 13.0. The minimum atomic E-state index is 0.0351. The van der Waals surface area contributed by atoms with E-state index in [9.17, 15) is 0 Å². The lowest BCUT2D eigenvalue weighted by Crippen LogP contribution is -2.47. The van der Waals surface area contributed by atoms with Gasteiger partial charge in [0.05, 0.1) is 5.69 Å². The Morgan fingerprint density at radius 2 is 1.95 bits per heavy atom. The van der Waals surface area contributed by atoms with Crippen molar-refractivity contribution in [3.05, 3.63) is 35.6 Å². The largest absolute Gasteiger partial charge is 0.409 e. The molecule has 7 nitrogen and oxygen atoms in total. The maximum Gasteiger partial charge on any atom is 0.190 e. The standard InChI is InChI=1S/C13H16N6OS/c14-12(17-20)11-10(2-1-3-15-11)18-5-7-19(8-6-18)13-16-4-9-21-13/h1-4,9,20H,5-8H2,(H2,14,17). The van der Waals surface area contributed by atoms with Crippen LogP contribution in [0.4, 0.5) is 10.8 Å². The second-order valence-electron chi connectivity index (χ2n) is 4.65. The summed E-state index contributed by atoms with van der Waals surface area (Å²) in [6, 6.07) is 3.80. The van der Waals surface area contributed by atoms with Crippen LogP contribution in [0, 0.1) is 0 Å². The summed E-state index contributed by atoms with van der Waals surface area (Å²) in [6.07, 6.45) is 3.46. The van der Waals surface area contributed by atoms with Crippen molar-refractivity contribution < 1.29 is 5.21 Å². The maximum absolute atomic E-state index is 8.87. The third-order valence-corrected chi connectivity index (χ3v) is 4.28. The average molecular weight is 304 g/mol. The normalized spacial score (nSPS) is 16.3. The van der Waals surface area contributed by atoms with Gasteiger partial charge in [0.1, 0.15) is 5.69 Å². The highest BCUT2D eigenvalue weighted by atomic mass is 32.1. The molecule has 1 aliphatic rings. The zero-order valence-corrected chi connectivity index (χ0v) is 12.2. The molecule has 0 radical (unpaired) electrons. The van der Waals surface area contributed by atoms with Gasteiger partial charge in [-0.2, -0.15) is 0 Å². The van der Waals surface area contributed by atoms with E-state index in [4.69, 9.17) is 10.9 Å². The molecule has 0 atom stereocenters. The van der Waals surface area contributed by atoms with E-state index >= 15 is 0 Å². The Morgan fingerprint density at radius 1 is 1.19 bits per heavy atom. The van der Waals surface area contributed by atoms with Crippen LogP contribution < -0.4 is 15.5 Å². The molecule has 3 N–H and O–H groups in total. The maximum atomic E-state index is 8.87. The highest BCUT2D eigenvalue weighted by Gasteiger charge is 2.22. The molecule has 0 bridgehead atoms. The Hall–Kier alpha value is -2.35. The van der Waals surface area contributed by atoms with Crippen LogP contribution >= 0.6 is 11.3 Å². The first-order valence-corrected chi connectivity index (χ1v) is 7.50. The minimum Gasteiger partial charge on any atom is -0.409 e. The number of hydrogen-bond donors (Lipinski definition) is 2. The number of nitrogens with zero attached hydrogens (tertiary/aromatic N) is 5. The minimum absolute atomic E-state index is 0.0351. The van der Waals surface area contributed by atoms with Crippen LogP contribution in [0.3, 0.4) is 0 Å². The van der Waals surface area contributed by atoms with Crippen molar-refractivity contribution in [3.63, 3.8) is 0 Å². The summed E-state index contributed by atoms with van der Waals surface area (Å²) >= 11 is 1.65. The van der Waals surface area contributed by atoms with Crippen LogP contribution in [-0.4, -0.2) is 47.2 Å². The fourth-order valence-electron chi connectivity index (χ4n) is 2.41. The van der Waals surface area contributed by atoms with Gasteiger partial charge in [0.25, 0.3) is 0 Å². The number of nitrogens with two attached hydrogens (primary N) is 1. The van der Waals surface area contributed by atoms with Gasteiger partial charge in [-0.25, -0.2) is 4.98 Å². The SMILES string of the molecule is N/C(=N/O)c1ncccc1N1CCN(c2nccs2)CC1. The molecule has 0 aliphatic carbocycles. The molecule has 3 rings (SSSR count). The van der Waals surface area contributed by atoms with Gasteiger partial charge < -0.3 is 20.7 Å². The average Bonchev–Trinajstić information content (AvgIpc) is 3.09. The van der Waals surface area contributed by atoms with Gasteiger partial charge in [0.15, 0.2) is 11.0 Å². The van der Waals surface area contributed by atoms with Gasteiger partial charge in [-0.05, 0) is 12.1 Å². The molecular formula is C13H16N6OS. The fraction of sp³-hybridized carbons (Fsp3) is 0.308. The molecule has 1 fully saturated rings. The van der Waals surface area contributed by atoms with Gasteiger partial charge in [-0.3, -0.25) is 4.98 Å². The predicted molar refractivity (Wildman–Crippen MR) is 83.3 cm³/mol. The van der Waals surface area contributed by atoms with Crippen molar-refractivity contribution in [2.75, 3.05) is 36.0 Å². The molecule has 0 amide bonds. The van der Waals surface area contributed by atoms with Crippen LogP contribution in [0.2, 0.25) is 0 Å². The molecule has 110 valence electrons. The number of piperazine rings is 1. The van der Waals surface area contributed by atoms with E-state index in [0.717, 1.165) is 37.0 Å². The van der Waals surface area contributed by atoms with E-state index in [-0.39, 0.29) is 5.84 Å². The number of anilines is 2. The van der Waals surface area contributed by atoms with Crippen LogP contribution in [0.15, 0.2) is 35.1 Å². The molecule has 1 saturated heterocycles. The smallest absolute Gasteiger partial charge is 0.190 e. The molecule has 0 saturated carbocycles. The van der Waals surface area contributed by atoms with Crippen LogP contribution in [0.1, 0.15) is 5.69 Å². The lowest BCUT2D eigenvalue weighted by atomic mass is 10.2. The molecule has 2 aromatic rings. The van der Waals surface area contributed by atoms with Crippen molar-refractivity contribution in [1.29, 1.82) is 0 Å². The van der Waals surface area contributed by atoms with Gasteiger partial charge in [-0.1, -0.05) is 5.16 Å². The quantitative estimate of drug-likeness (QED) is 0.380. The monoisotopic (exact) mass is 304 g/mol. The first-order chi connectivity index (χ1) is 10.3. The Bertz CT molecular complexity index is 621. The third kappa shape index (κ3) is 2.75. The Morgan fingerprint density at radius 3 is 2.62 bits per heavy atom. The molecule has 21 heavy (non-hydrogen) atoms. The molecule has 8 heteroatoms. The number of oxime groups is 1. The molecular weight excluding hydrogens is 288 g/mol. The highest BCUT2D eigenvalue weighted by Crippen LogP contribution is 2.23. The van der Waals surface area contributed by atoms with Crippen molar-refractivity contribution in [2.45, 2.75) is 0 Å². The highest BCUT2D eigenvalue weighted by molar-refractivity contribution is 7.13. The molecule has 3 heterocycles. The summed E-state index contributed by atoms with van der Waals surface area (Å²) in [6.45, 7) is 3.46. The van der Waals surface area contributed by atoms with E-state index in [1.165, 1.54) is 0 Å². The zero-order valence-electron chi connectivity index (χ0n) is 11.4. The number of aromatic nitrogens is 2. The Labute approximate surface area is 126 Å². The summed E-state index contributed by atoms with van der Waals surface area (Å²) in [5, 5.41) is 15.0. The van der Waals surface area contributed by atoms with E-state index in [2.05, 4.69) is 24.9 Å². The first-order valence-electron chi connectivity index (χ1n) is 6.62. The predicted octanol–water partition coefficient (Wildman–Crippen LogP) is 0.959. The lowest BCUT2D eigenvalue weighted by molar-refractivity contribution is 0.318. The van der Waals surface area contributed by atoms with Crippen molar-refractivity contribution >= 4 is 28.0 Å². The summed E-state index contributed by atoms with van der Waals surface area (Å²) in [5.41, 5.74) is 7.11.